The molecule has 1 aliphatic heterocycles. The van der Waals surface area contributed by atoms with Crippen LogP contribution in [0.2, 0.25) is 0 Å². The van der Waals surface area contributed by atoms with E-state index in [0.29, 0.717) is 11.1 Å². The normalized spacial score (nSPS) is 15.0. The molecule has 0 spiro atoms. The Morgan fingerprint density at radius 1 is 1.07 bits per heavy atom. The number of nitrogens with zero attached hydrogens (tertiary/aromatic N) is 3. The summed E-state index contributed by atoms with van der Waals surface area (Å²) >= 11 is 0. The first-order chi connectivity index (χ1) is 13.7. The minimum atomic E-state index is 0.00532. The van der Waals surface area contributed by atoms with Gasteiger partial charge in [0.05, 0.1) is 23.9 Å². The first-order valence-corrected chi connectivity index (χ1v) is 9.75. The molecule has 144 valence electrons. The third kappa shape index (κ3) is 3.45. The molecule has 0 saturated carbocycles. The fourth-order valence-electron chi connectivity index (χ4n) is 3.82. The minimum absolute atomic E-state index is 0.00532. The number of pyridine rings is 1. The highest BCUT2D eigenvalue weighted by atomic mass is 16.5. The van der Waals surface area contributed by atoms with Crippen molar-refractivity contribution in [3.63, 3.8) is 0 Å². The number of carbonyl (C=O) groups excluding carboxylic acids is 1. The molecule has 1 aromatic heterocycles. The van der Waals surface area contributed by atoms with Crippen molar-refractivity contribution in [1.29, 1.82) is 0 Å². The first-order valence-electron chi connectivity index (χ1n) is 9.75. The van der Waals surface area contributed by atoms with Crippen molar-refractivity contribution < 1.29 is 9.53 Å². The van der Waals surface area contributed by atoms with E-state index in [4.69, 9.17) is 4.74 Å². The van der Waals surface area contributed by atoms with Crippen molar-refractivity contribution >= 4 is 22.4 Å². The summed E-state index contributed by atoms with van der Waals surface area (Å²) in [5, 5.41) is 0.964. The van der Waals surface area contributed by atoms with Crippen molar-refractivity contribution in [2.24, 2.45) is 0 Å². The standard InChI is InChI=1S/C23H25N3O2/c1-3-25-11-13-26(14-12-25)22-19-15-18(28-2)9-10-21(19)24-16-20(22)23(27)17-7-5-4-6-8-17/h4-10,15-16H,3,11-14H2,1-2H3. The van der Waals surface area contributed by atoms with Gasteiger partial charge in [-0.25, -0.2) is 0 Å². The van der Waals surface area contributed by atoms with E-state index in [1.54, 1.807) is 13.3 Å². The second kappa shape index (κ2) is 7.98. The zero-order chi connectivity index (χ0) is 19.5. The fourth-order valence-corrected chi connectivity index (χ4v) is 3.82. The monoisotopic (exact) mass is 375 g/mol. The Kier molecular flexibility index (Phi) is 5.26. The lowest BCUT2D eigenvalue weighted by atomic mass is 9.99. The van der Waals surface area contributed by atoms with Gasteiger partial charge in [-0.15, -0.1) is 0 Å². The number of fused-ring (bicyclic) bond motifs is 1. The number of hydrogen-bond donors (Lipinski definition) is 0. The van der Waals surface area contributed by atoms with Crippen LogP contribution in [0.5, 0.6) is 5.75 Å². The number of ether oxygens (including phenoxy) is 1. The third-order valence-corrected chi connectivity index (χ3v) is 5.46. The number of anilines is 1. The van der Waals surface area contributed by atoms with E-state index in [1.807, 2.05) is 48.5 Å². The molecule has 0 bridgehead atoms. The van der Waals surface area contributed by atoms with E-state index in [9.17, 15) is 4.79 Å². The van der Waals surface area contributed by atoms with Crippen LogP contribution >= 0.6 is 0 Å². The van der Waals surface area contributed by atoms with E-state index in [-0.39, 0.29) is 5.78 Å². The lowest BCUT2D eigenvalue weighted by Crippen LogP contribution is -2.46. The first kappa shape index (κ1) is 18.4. The summed E-state index contributed by atoms with van der Waals surface area (Å²) < 4.78 is 5.44. The minimum Gasteiger partial charge on any atom is -0.497 e. The topological polar surface area (TPSA) is 45.7 Å². The molecule has 3 aromatic rings. The molecule has 0 N–H and O–H groups in total. The van der Waals surface area contributed by atoms with Crippen LogP contribution in [0.3, 0.4) is 0 Å². The summed E-state index contributed by atoms with van der Waals surface area (Å²) in [7, 11) is 1.66. The molecule has 0 aliphatic carbocycles. The number of piperazine rings is 1. The zero-order valence-corrected chi connectivity index (χ0v) is 16.4. The maximum absolute atomic E-state index is 13.3. The second-order valence-corrected chi connectivity index (χ2v) is 7.02. The van der Waals surface area contributed by atoms with E-state index in [1.165, 1.54) is 0 Å². The van der Waals surface area contributed by atoms with Gasteiger partial charge in [0.2, 0.25) is 0 Å². The van der Waals surface area contributed by atoms with Gasteiger partial charge < -0.3 is 14.5 Å². The number of likely N-dealkylation sites (N-methyl/N-ethyl adjacent to an activating group) is 1. The summed E-state index contributed by atoms with van der Waals surface area (Å²) in [5.74, 6) is 0.776. The molecular weight excluding hydrogens is 350 g/mol. The van der Waals surface area contributed by atoms with Crippen molar-refractivity contribution in [2.75, 3.05) is 44.7 Å². The number of hydrogen-bond acceptors (Lipinski definition) is 5. The van der Waals surface area contributed by atoms with Crippen molar-refractivity contribution in [3.8, 4) is 5.75 Å². The number of methoxy groups -OCH3 is 1. The van der Waals surface area contributed by atoms with E-state index in [0.717, 1.165) is 55.1 Å². The average molecular weight is 375 g/mol. The van der Waals surface area contributed by atoms with Gasteiger partial charge in [-0.05, 0) is 24.7 Å². The highest BCUT2D eigenvalue weighted by molar-refractivity contribution is 6.16. The van der Waals surface area contributed by atoms with Gasteiger partial charge in [-0.1, -0.05) is 37.3 Å². The largest absolute Gasteiger partial charge is 0.497 e. The molecule has 2 heterocycles. The Morgan fingerprint density at radius 3 is 2.50 bits per heavy atom. The van der Waals surface area contributed by atoms with Crippen LogP contribution in [0.15, 0.2) is 54.7 Å². The summed E-state index contributed by atoms with van der Waals surface area (Å²) in [6.07, 6.45) is 1.73. The van der Waals surface area contributed by atoms with Gasteiger partial charge in [0.15, 0.2) is 5.78 Å². The molecule has 1 saturated heterocycles. The van der Waals surface area contributed by atoms with Gasteiger partial charge in [0, 0.05) is 43.3 Å². The van der Waals surface area contributed by atoms with Gasteiger partial charge in [-0.2, -0.15) is 0 Å². The molecular formula is C23H25N3O2. The molecule has 5 heteroatoms. The molecule has 5 nitrogen and oxygen atoms in total. The SMILES string of the molecule is CCN1CCN(c2c(C(=O)c3ccccc3)cnc3ccc(OC)cc23)CC1. The highest BCUT2D eigenvalue weighted by Crippen LogP contribution is 2.34. The highest BCUT2D eigenvalue weighted by Gasteiger charge is 2.24. The van der Waals surface area contributed by atoms with Crippen molar-refractivity contribution in [3.05, 3.63) is 65.9 Å². The summed E-state index contributed by atoms with van der Waals surface area (Å²) in [6, 6.07) is 15.3. The summed E-state index contributed by atoms with van der Waals surface area (Å²) in [5.41, 5.74) is 3.17. The molecule has 1 aliphatic rings. The fraction of sp³-hybridized carbons (Fsp3) is 0.304. The second-order valence-electron chi connectivity index (χ2n) is 7.02. The molecule has 1 fully saturated rings. The maximum Gasteiger partial charge on any atom is 0.196 e. The molecule has 2 aromatic carbocycles. The van der Waals surface area contributed by atoms with E-state index in [2.05, 4.69) is 21.7 Å². The Balaban J connectivity index is 1.85. The number of ketones is 1. The summed E-state index contributed by atoms with van der Waals surface area (Å²) in [4.78, 5) is 22.7. The third-order valence-electron chi connectivity index (χ3n) is 5.46. The van der Waals surface area contributed by atoms with Gasteiger partial charge in [0.1, 0.15) is 5.75 Å². The van der Waals surface area contributed by atoms with Gasteiger partial charge in [0.25, 0.3) is 0 Å². The molecule has 0 amide bonds. The van der Waals surface area contributed by atoms with Crippen LogP contribution in [0, 0.1) is 0 Å². The molecule has 0 atom stereocenters. The number of benzene rings is 2. The van der Waals surface area contributed by atoms with Crippen LogP contribution in [0.25, 0.3) is 10.9 Å². The maximum atomic E-state index is 13.3. The van der Waals surface area contributed by atoms with Crippen LogP contribution in [-0.4, -0.2) is 55.5 Å². The van der Waals surface area contributed by atoms with Crippen LogP contribution in [0.4, 0.5) is 5.69 Å². The zero-order valence-electron chi connectivity index (χ0n) is 16.4. The predicted molar refractivity (Wildman–Crippen MR) is 112 cm³/mol. The lowest BCUT2D eigenvalue weighted by Gasteiger charge is -2.36. The smallest absolute Gasteiger partial charge is 0.196 e. The average Bonchev–Trinajstić information content (AvgIpc) is 2.78. The number of rotatable bonds is 5. The molecule has 4 rings (SSSR count). The molecule has 0 radical (unpaired) electrons. The van der Waals surface area contributed by atoms with Crippen molar-refractivity contribution in [2.45, 2.75) is 6.92 Å². The Hall–Kier alpha value is -2.92. The predicted octanol–water partition coefficient (Wildman–Crippen LogP) is 3.62. The molecule has 28 heavy (non-hydrogen) atoms. The van der Waals surface area contributed by atoms with E-state index >= 15 is 0 Å². The van der Waals surface area contributed by atoms with Crippen LogP contribution in [-0.2, 0) is 0 Å². The Morgan fingerprint density at radius 2 is 1.82 bits per heavy atom. The Labute approximate surface area is 165 Å². The molecule has 0 unspecified atom stereocenters. The van der Waals surface area contributed by atoms with Crippen molar-refractivity contribution in [1.82, 2.24) is 9.88 Å². The quantitative estimate of drug-likeness (QED) is 0.638. The van der Waals surface area contributed by atoms with Crippen LogP contribution in [0.1, 0.15) is 22.8 Å². The van der Waals surface area contributed by atoms with Gasteiger partial charge >= 0.3 is 0 Å². The summed E-state index contributed by atoms with van der Waals surface area (Å²) in [6.45, 7) is 6.99. The lowest BCUT2D eigenvalue weighted by molar-refractivity contribution is 0.103. The number of aromatic nitrogens is 1. The van der Waals surface area contributed by atoms with Gasteiger partial charge in [-0.3, -0.25) is 9.78 Å². The number of carbonyl (C=O) groups is 1. The van der Waals surface area contributed by atoms with E-state index < -0.39 is 0 Å². The van der Waals surface area contributed by atoms with Crippen LogP contribution < -0.4 is 9.64 Å². The Bertz CT molecular complexity index is 980.